The molecule has 8 fully saturated rings. The lowest BCUT2D eigenvalue weighted by atomic mass is 9.88. The van der Waals surface area contributed by atoms with Gasteiger partial charge in [-0.3, -0.25) is 19.2 Å². The number of aliphatic hydroxyl groups is 22. The van der Waals surface area contributed by atoms with Crippen molar-refractivity contribution in [2.45, 2.75) is 292 Å². The first-order chi connectivity index (χ1) is 49.9. The quantitative estimate of drug-likeness (QED) is 0.0324. The van der Waals surface area contributed by atoms with Crippen molar-refractivity contribution in [1.29, 1.82) is 0 Å². The van der Waals surface area contributed by atoms with E-state index in [0.717, 1.165) is 27.7 Å². The number of carbonyl (C=O) groups excluding carboxylic acids is 4. The number of amides is 3. The van der Waals surface area contributed by atoms with Gasteiger partial charge in [-0.2, -0.15) is 0 Å². The Hall–Kier alpha value is -4.13. The van der Waals surface area contributed by atoms with Gasteiger partial charge in [-0.1, -0.05) is 0 Å². The SMILES string of the molecule is CC(=O)N[C@H]1[C@H](O[C@H]2[C@@H](O)[C@@H](CO[C@@H]3O[C@H](CO)[C@@H](O[C@@H]4O[C@H](CO)[C@H](O)[C@H](O)[C@H]4O)[C@H](O[C@@H]4O[C@@H](C)[C@@H](O)[C@@H](O)[C@@H]4O)[C@H]3NC(C)=O)O[C@@H](O[C@H]3[C@H](O)[C@@H](O)C(O)O[C@@H]3CO)[C@@H]2O)O[C@H](CO)[C@@H](O[C@@H]2O[C@H](CO[C@]3(C(=O)O)C[C@H](OC(C)=O)[C@@H](NC(C)=O)[C@H]([C@H](O)[C@H](O)CO)O3)[C@H](O)[C@H](O)[C@H]2O)[C@@H]1O. The van der Waals surface area contributed by atoms with Gasteiger partial charge in [0, 0.05) is 27.7 Å². The molecule has 0 aromatic rings. The fourth-order valence-corrected chi connectivity index (χ4v) is 13.4. The van der Waals surface area contributed by atoms with Gasteiger partial charge >= 0.3 is 11.9 Å². The van der Waals surface area contributed by atoms with Crippen molar-refractivity contribution in [3.63, 3.8) is 0 Å². The van der Waals surface area contributed by atoms with Crippen molar-refractivity contribution in [2.75, 3.05) is 46.2 Å². The summed E-state index contributed by atoms with van der Waals surface area (Å²) in [5.74, 6) is -8.98. The highest BCUT2D eigenvalue weighted by Gasteiger charge is 2.62. The first-order valence-corrected chi connectivity index (χ1v) is 33.5. The molecule has 106 heavy (non-hydrogen) atoms. The number of carbonyl (C=O) groups is 5. The van der Waals surface area contributed by atoms with Crippen LogP contribution in [0.2, 0.25) is 0 Å². The van der Waals surface area contributed by atoms with Crippen molar-refractivity contribution in [2.24, 2.45) is 0 Å². The van der Waals surface area contributed by atoms with Crippen molar-refractivity contribution in [3.05, 3.63) is 0 Å². The van der Waals surface area contributed by atoms with Gasteiger partial charge in [0.1, 0.15) is 189 Å². The molecule has 0 saturated carbocycles. The third kappa shape index (κ3) is 19.3. The molecule has 26 N–H and O–H groups in total. The van der Waals surface area contributed by atoms with E-state index in [9.17, 15) is 141 Å². The summed E-state index contributed by atoms with van der Waals surface area (Å²) in [6.07, 6.45) is -77.7. The normalized spacial score (nSPS) is 47.2. The van der Waals surface area contributed by atoms with Crippen LogP contribution in [-0.4, -0.2) is 444 Å². The molecule has 8 aliphatic heterocycles. The van der Waals surface area contributed by atoms with Gasteiger partial charge in [-0.25, -0.2) is 4.79 Å². The lowest BCUT2D eigenvalue weighted by molar-refractivity contribution is -0.388. The minimum atomic E-state index is -3.10. The molecule has 1 unspecified atom stereocenters. The van der Waals surface area contributed by atoms with Crippen LogP contribution in [0.5, 0.6) is 0 Å². The lowest BCUT2D eigenvalue weighted by Gasteiger charge is -2.51. The van der Waals surface area contributed by atoms with Crippen LogP contribution in [0.4, 0.5) is 0 Å². The van der Waals surface area contributed by atoms with Crippen LogP contribution < -0.4 is 16.0 Å². The molecule has 41 atom stereocenters. The Morgan fingerprint density at radius 2 is 0.858 bits per heavy atom. The van der Waals surface area contributed by atoms with E-state index in [2.05, 4.69) is 16.0 Å². The molecule has 0 aromatic carbocycles. The largest absolute Gasteiger partial charge is 0.477 e. The zero-order chi connectivity index (χ0) is 78.6. The topological polar surface area (TPSA) is 734 Å². The van der Waals surface area contributed by atoms with E-state index < -0.39 is 333 Å². The second-order valence-corrected chi connectivity index (χ2v) is 26.6. The second-order valence-electron chi connectivity index (χ2n) is 26.6. The molecule has 612 valence electrons. The number of rotatable bonds is 28. The zero-order valence-electron chi connectivity index (χ0n) is 57.1. The maximum atomic E-state index is 13.2. The fourth-order valence-electron chi connectivity index (χ4n) is 13.4. The van der Waals surface area contributed by atoms with Gasteiger partial charge in [0.05, 0.1) is 64.8 Å². The molecule has 0 spiro atoms. The van der Waals surface area contributed by atoms with Gasteiger partial charge in [0.2, 0.25) is 17.7 Å². The molecule has 8 heterocycles. The van der Waals surface area contributed by atoms with Crippen LogP contribution in [0.15, 0.2) is 0 Å². The summed E-state index contributed by atoms with van der Waals surface area (Å²) in [5, 5.41) is 259. The van der Waals surface area contributed by atoms with Crippen molar-refractivity contribution in [1.82, 2.24) is 16.0 Å². The summed E-state index contributed by atoms with van der Waals surface area (Å²) >= 11 is 0. The van der Waals surface area contributed by atoms with Crippen LogP contribution in [0.25, 0.3) is 0 Å². The monoisotopic (exact) mass is 1550 g/mol. The molecular formula is C59H97N3O44. The lowest BCUT2D eigenvalue weighted by Crippen LogP contribution is -2.70. The predicted octanol–water partition coefficient (Wildman–Crippen LogP) is -17.2. The number of aliphatic carboxylic acids is 1. The van der Waals surface area contributed by atoms with Crippen LogP contribution in [0.1, 0.15) is 41.0 Å². The summed E-state index contributed by atoms with van der Waals surface area (Å²) < 4.78 is 93.5. The highest BCUT2D eigenvalue weighted by molar-refractivity contribution is 5.77. The van der Waals surface area contributed by atoms with Crippen molar-refractivity contribution >= 4 is 29.7 Å². The Labute approximate surface area is 599 Å². The Morgan fingerprint density at radius 3 is 1.40 bits per heavy atom. The number of hydrogen-bond donors (Lipinski definition) is 26. The van der Waals surface area contributed by atoms with E-state index in [-0.39, 0.29) is 0 Å². The fraction of sp³-hybridized carbons (Fsp3) is 0.915. The molecule has 47 nitrogen and oxygen atoms in total. The summed E-state index contributed by atoms with van der Waals surface area (Å²) in [6, 6.07) is -5.55. The Kier molecular flexibility index (Phi) is 30.9. The number of aliphatic hydroxyl groups excluding tert-OH is 22. The van der Waals surface area contributed by atoms with E-state index >= 15 is 0 Å². The van der Waals surface area contributed by atoms with E-state index in [4.69, 9.17) is 75.8 Å². The first kappa shape index (κ1) is 87.4. The van der Waals surface area contributed by atoms with Crippen LogP contribution in [0, 0.1) is 0 Å². The zero-order valence-corrected chi connectivity index (χ0v) is 57.1. The van der Waals surface area contributed by atoms with E-state index in [0.29, 0.717) is 0 Å². The number of carboxylic acids is 1. The van der Waals surface area contributed by atoms with Crippen LogP contribution >= 0.6 is 0 Å². The van der Waals surface area contributed by atoms with Gasteiger partial charge in [0.15, 0.2) is 44.0 Å². The third-order valence-electron chi connectivity index (χ3n) is 19.1. The van der Waals surface area contributed by atoms with E-state index in [1.165, 1.54) is 6.92 Å². The average molecular weight is 1550 g/mol. The third-order valence-corrected chi connectivity index (χ3v) is 19.1. The Balaban J connectivity index is 1.08. The predicted molar refractivity (Wildman–Crippen MR) is 325 cm³/mol. The Morgan fingerprint density at radius 1 is 0.425 bits per heavy atom. The van der Waals surface area contributed by atoms with Crippen LogP contribution in [-0.2, 0) is 99.8 Å². The molecule has 8 rings (SSSR count). The Bertz CT molecular complexity index is 2850. The summed E-state index contributed by atoms with van der Waals surface area (Å²) in [7, 11) is 0. The number of carboxylic acid groups (broad SMARTS) is 1. The molecule has 47 heteroatoms. The summed E-state index contributed by atoms with van der Waals surface area (Å²) in [6.45, 7) is -2.91. The molecule has 0 aromatic heterocycles. The molecule has 8 saturated heterocycles. The number of ether oxygens (including phenoxy) is 16. The van der Waals surface area contributed by atoms with Crippen molar-refractivity contribution < 1.29 is 217 Å². The minimum absolute atomic E-state index is 0.840. The highest BCUT2D eigenvalue weighted by atomic mass is 16.8. The second kappa shape index (κ2) is 37.5. The molecule has 8 aliphatic rings. The summed E-state index contributed by atoms with van der Waals surface area (Å²) in [4.78, 5) is 64.2. The number of esters is 1. The van der Waals surface area contributed by atoms with E-state index in [1.54, 1.807) is 0 Å². The molecule has 0 aliphatic carbocycles. The van der Waals surface area contributed by atoms with Gasteiger partial charge < -0.3 is 209 Å². The first-order valence-electron chi connectivity index (χ1n) is 33.5. The maximum Gasteiger partial charge on any atom is 0.364 e. The average Bonchev–Trinajstić information content (AvgIpc) is 0.769. The summed E-state index contributed by atoms with van der Waals surface area (Å²) in [5.41, 5.74) is 0. The molecule has 0 bridgehead atoms. The minimum Gasteiger partial charge on any atom is -0.477 e. The maximum absolute atomic E-state index is 13.2. The highest BCUT2D eigenvalue weighted by Crippen LogP contribution is 2.40. The van der Waals surface area contributed by atoms with Gasteiger partial charge in [0.25, 0.3) is 5.79 Å². The molecule has 3 amide bonds. The molecule has 0 radical (unpaired) electrons. The standard InChI is InChI=1S/C59H97N3O44/c1-14-30(73)36(79)41(84)54(93-14)104-49-29(62-17(4)70)52(97-24(11-67)47(49)103-55-42(85)37(80)32(75)21(8-64)96-55)91-12-25-34(77)50(44(87)57(99-25)102-46-22(9-65)95-51(88)40(83)39(46)82)105-53-28(61-16(3)69)35(78)45(23(10-66)98-53)101-56-43(86)38(81)33(76)26(100-56)13-92-59(58(89)90)6-20(94-18(5)71)27(60-15(2)68)48(106-59)31(74)19(72)7-63/h14,19-57,63-67,72-88H,6-13H2,1-5H3,(H,60,68)(H,61,69)(H,62,70)(H,89,90)/t14-,19+,20-,21+,22+,23+,24+,25+,26+,27+,28+,29+,30+,31+,32-,33-,34-,35+,36+,37-,38-,39+,40+,41-,42+,43+,44+,45+,46+,47+,48+,49+,50-,51?,52+,53-,54-,55-,56-,57-,59+/m0/s1. The number of hydrogen-bond acceptors (Lipinski definition) is 43. The molecular weight excluding hydrogens is 1450 g/mol. The smallest absolute Gasteiger partial charge is 0.364 e. The van der Waals surface area contributed by atoms with Gasteiger partial charge in [-0.05, 0) is 6.92 Å². The number of nitrogens with one attached hydrogen (secondary N) is 3. The van der Waals surface area contributed by atoms with Crippen molar-refractivity contribution in [3.8, 4) is 0 Å². The van der Waals surface area contributed by atoms with Gasteiger partial charge in [-0.15, -0.1) is 0 Å². The van der Waals surface area contributed by atoms with E-state index in [1.807, 2.05) is 0 Å². The van der Waals surface area contributed by atoms with Crippen LogP contribution in [0.3, 0.4) is 0 Å².